The molecule has 8 atom stereocenters. The summed E-state index contributed by atoms with van der Waals surface area (Å²) in [7, 11) is 0. The Bertz CT molecular complexity index is 871. The van der Waals surface area contributed by atoms with Gasteiger partial charge in [0.15, 0.2) is 0 Å². The van der Waals surface area contributed by atoms with Gasteiger partial charge in [-0.2, -0.15) is 0 Å². The van der Waals surface area contributed by atoms with Crippen molar-refractivity contribution in [3.05, 3.63) is 71.8 Å². The monoisotopic (exact) mass is 298 g/mol. The first-order chi connectivity index (χ1) is 11.3. The summed E-state index contributed by atoms with van der Waals surface area (Å²) >= 11 is 0. The Kier molecular flexibility index (Phi) is 1.60. The van der Waals surface area contributed by atoms with E-state index in [4.69, 9.17) is 0 Å². The molecular formula is C22H18O. The maximum absolute atomic E-state index is 13.0. The van der Waals surface area contributed by atoms with Crippen LogP contribution in [-0.2, 0) is 15.6 Å². The minimum Gasteiger partial charge on any atom is -0.299 e. The van der Waals surface area contributed by atoms with Crippen molar-refractivity contribution < 1.29 is 4.79 Å². The summed E-state index contributed by atoms with van der Waals surface area (Å²) in [6, 6.07) is 22.2. The van der Waals surface area contributed by atoms with Crippen molar-refractivity contribution in [2.24, 2.45) is 35.5 Å². The van der Waals surface area contributed by atoms with Gasteiger partial charge in [0.05, 0.1) is 0 Å². The van der Waals surface area contributed by atoms with Crippen molar-refractivity contribution in [1.82, 2.24) is 0 Å². The van der Waals surface area contributed by atoms with Crippen molar-refractivity contribution >= 4 is 5.78 Å². The van der Waals surface area contributed by atoms with Crippen LogP contribution in [0.1, 0.15) is 17.5 Å². The van der Waals surface area contributed by atoms with Crippen molar-refractivity contribution in [2.75, 3.05) is 0 Å². The SMILES string of the molecule is O=C1[C@@H]2[C@@H]3[C@@H]4[C@H]1[C@]1(c5ccccc5)[C@H]2C[C@H]3[C@@]41c1ccccc1. The van der Waals surface area contributed by atoms with E-state index in [0.717, 1.165) is 11.8 Å². The average molecular weight is 298 g/mol. The largest absolute Gasteiger partial charge is 0.299 e. The Morgan fingerprint density at radius 2 is 1.39 bits per heavy atom. The van der Waals surface area contributed by atoms with Crippen LogP contribution in [0.4, 0.5) is 0 Å². The van der Waals surface area contributed by atoms with Crippen LogP contribution in [0.5, 0.6) is 0 Å². The number of benzene rings is 2. The Labute approximate surface area is 135 Å². The van der Waals surface area contributed by atoms with Crippen molar-refractivity contribution in [2.45, 2.75) is 17.3 Å². The lowest BCUT2D eigenvalue weighted by molar-refractivity contribution is -0.225. The molecule has 0 saturated heterocycles. The summed E-state index contributed by atoms with van der Waals surface area (Å²) in [5.41, 5.74) is 3.37. The van der Waals surface area contributed by atoms with Gasteiger partial charge in [0.1, 0.15) is 5.78 Å². The quantitative estimate of drug-likeness (QED) is 0.828. The maximum atomic E-state index is 13.0. The van der Waals surface area contributed by atoms with Crippen molar-refractivity contribution in [3.63, 3.8) is 0 Å². The lowest BCUT2D eigenvalue weighted by Gasteiger charge is -2.78. The van der Waals surface area contributed by atoms with Crippen LogP contribution in [0.3, 0.4) is 0 Å². The van der Waals surface area contributed by atoms with Crippen LogP contribution in [0.2, 0.25) is 0 Å². The van der Waals surface area contributed by atoms with Crippen molar-refractivity contribution in [3.8, 4) is 0 Å². The molecule has 4 bridgehead atoms. The normalized spacial score (nSPS) is 52.6. The molecule has 0 amide bonds. The van der Waals surface area contributed by atoms with E-state index in [1.165, 1.54) is 17.5 Å². The highest BCUT2D eigenvalue weighted by Gasteiger charge is 2.99. The molecule has 6 aliphatic rings. The summed E-state index contributed by atoms with van der Waals surface area (Å²) < 4.78 is 0. The molecule has 6 fully saturated rings. The number of hydrogen-bond donors (Lipinski definition) is 0. The van der Waals surface area contributed by atoms with E-state index in [1.54, 1.807) is 0 Å². The number of ketones is 1. The van der Waals surface area contributed by atoms with Crippen LogP contribution < -0.4 is 0 Å². The Balaban J connectivity index is 1.57. The van der Waals surface area contributed by atoms with E-state index in [9.17, 15) is 4.79 Å². The summed E-state index contributed by atoms with van der Waals surface area (Å²) in [6.07, 6.45) is 1.29. The van der Waals surface area contributed by atoms with Crippen LogP contribution in [0, 0.1) is 35.5 Å². The van der Waals surface area contributed by atoms with Gasteiger partial charge in [-0.1, -0.05) is 60.7 Å². The van der Waals surface area contributed by atoms with E-state index >= 15 is 0 Å². The highest BCUT2D eigenvalue weighted by atomic mass is 16.1. The zero-order chi connectivity index (χ0) is 15.0. The minimum atomic E-state index is 0.126. The molecule has 0 radical (unpaired) electrons. The molecule has 1 nitrogen and oxygen atoms in total. The first kappa shape index (κ1) is 11.6. The summed E-state index contributed by atoms with van der Waals surface area (Å²) in [5, 5.41) is 0. The molecule has 0 N–H and O–H groups in total. The van der Waals surface area contributed by atoms with Crippen molar-refractivity contribution in [1.29, 1.82) is 0 Å². The lowest BCUT2D eigenvalue weighted by atomic mass is 9.23. The first-order valence-corrected chi connectivity index (χ1v) is 8.99. The highest BCUT2D eigenvalue weighted by molar-refractivity contribution is 5.98. The summed E-state index contributed by atoms with van der Waals surface area (Å²) in [5.74, 6) is 4.09. The molecule has 8 rings (SSSR count). The van der Waals surface area contributed by atoms with Gasteiger partial charge in [-0.3, -0.25) is 4.79 Å². The van der Waals surface area contributed by atoms with Gasteiger partial charge in [0, 0.05) is 22.7 Å². The van der Waals surface area contributed by atoms with E-state index in [0.29, 0.717) is 29.5 Å². The molecule has 0 heterocycles. The van der Waals surface area contributed by atoms with Gasteiger partial charge in [0.2, 0.25) is 0 Å². The predicted molar refractivity (Wildman–Crippen MR) is 86.8 cm³/mol. The van der Waals surface area contributed by atoms with E-state index in [-0.39, 0.29) is 10.8 Å². The number of rotatable bonds is 2. The number of Topliss-reactive ketones (excluding diaryl/α,β-unsaturated/α-hetero) is 1. The third-order valence-electron chi connectivity index (χ3n) is 8.60. The lowest BCUT2D eigenvalue weighted by Crippen LogP contribution is -2.81. The van der Waals surface area contributed by atoms with Crippen LogP contribution in [-0.4, -0.2) is 5.78 Å². The number of hydrogen-bond acceptors (Lipinski definition) is 1. The fourth-order valence-corrected chi connectivity index (χ4v) is 8.71. The van der Waals surface area contributed by atoms with E-state index in [1.807, 2.05) is 0 Å². The zero-order valence-corrected chi connectivity index (χ0v) is 12.9. The van der Waals surface area contributed by atoms with E-state index in [2.05, 4.69) is 60.7 Å². The Morgan fingerprint density at radius 3 is 2.04 bits per heavy atom. The van der Waals surface area contributed by atoms with Crippen LogP contribution in [0.25, 0.3) is 0 Å². The van der Waals surface area contributed by atoms with Gasteiger partial charge in [-0.15, -0.1) is 0 Å². The minimum absolute atomic E-state index is 0.126. The van der Waals surface area contributed by atoms with Gasteiger partial charge in [-0.05, 0) is 41.2 Å². The molecule has 112 valence electrons. The molecule has 0 aromatic heterocycles. The summed E-state index contributed by atoms with van der Waals surface area (Å²) in [4.78, 5) is 13.0. The summed E-state index contributed by atoms with van der Waals surface area (Å²) in [6.45, 7) is 0. The predicted octanol–water partition coefficient (Wildman–Crippen LogP) is 3.59. The molecule has 0 unspecified atom stereocenters. The second kappa shape index (κ2) is 3.17. The second-order valence-electron chi connectivity index (χ2n) is 8.43. The Morgan fingerprint density at radius 1 is 0.783 bits per heavy atom. The number of carbonyl (C=O) groups excluding carboxylic acids is 1. The third-order valence-corrected chi connectivity index (χ3v) is 8.60. The number of carbonyl (C=O) groups is 1. The van der Waals surface area contributed by atoms with Crippen LogP contribution in [0.15, 0.2) is 60.7 Å². The fourth-order valence-electron chi connectivity index (χ4n) is 8.71. The van der Waals surface area contributed by atoms with E-state index < -0.39 is 0 Å². The van der Waals surface area contributed by atoms with Gasteiger partial charge in [0.25, 0.3) is 0 Å². The molecule has 6 aliphatic carbocycles. The molecule has 23 heavy (non-hydrogen) atoms. The Hall–Kier alpha value is -1.89. The van der Waals surface area contributed by atoms with Gasteiger partial charge < -0.3 is 0 Å². The van der Waals surface area contributed by atoms with Gasteiger partial charge in [-0.25, -0.2) is 0 Å². The molecule has 1 heteroatoms. The smallest absolute Gasteiger partial charge is 0.140 e. The molecule has 6 saturated carbocycles. The molecule has 0 aliphatic heterocycles. The third kappa shape index (κ3) is 0.795. The van der Waals surface area contributed by atoms with Crippen LogP contribution >= 0.6 is 0 Å². The molecule has 2 aromatic rings. The zero-order valence-electron chi connectivity index (χ0n) is 12.9. The molecule has 0 spiro atoms. The molecule has 2 aromatic carbocycles. The highest BCUT2D eigenvalue weighted by Crippen LogP contribution is 2.97. The molecular weight excluding hydrogens is 280 g/mol. The first-order valence-electron chi connectivity index (χ1n) is 8.99. The van der Waals surface area contributed by atoms with Gasteiger partial charge >= 0.3 is 0 Å². The topological polar surface area (TPSA) is 17.1 Å². The standard InChI is InChI=1S/C22H18O/c23-20-17-15-11-14-16(17)18-19(20)22(15,13-9-5-2-6-10-13)21(14,18)12-7-3-1-4-8-12/h1-10,14-19H,11H2/t14-,15+,16-,17+,18-,19-,21+,22+/m1/s1. The fraction of sp³-hybridized carbons (Fsp3) is 0.409. The maximum Gasteiger partial charge on any atom is 0.140 e. The second-order valence-corrected chi connectivity index (χ2v) is 8.43. The average Bonchev–Trinajstić information content (AvgIpc) is 3.10.